The van der Waals surface area contributed by atoms with Crippen LogP contribution in [-0.2, 0) is 4.84 Å². The van der Waals surface area contributed by atoms with E-state index in [0.29, 0.717) is 15.6 Å². The molecule has 2 aromatic rings. The zero-order chi connectivity index (χ0) is 13.8. The molecule has 1 aromatic carbocycles. The van der Waals surface area contributed by atoms with E-state index in [2.05, 4.69) is 5.16 Å². The van der Waals surface area contributed by atoms with Crippen LogP contribution in [0.5, 0.6) is 0 Å². The lowest BCUT2D eigenvalue weighted by Gasteiger charge is -2.00. The van der Waals surface area contributed by atoms with Crippen molar-refractivity contribution < 1.29 is 9.63 Å². The van der Waals surface area contributed by atoms with Crippen LogP contribution in [0.1, 0.15) is 27.7 Å². The molecule has 98 valence electrons. The van der Waals surface area contributed by atoms with Gasteiger partial charge in [0, 0.05) is 0 Å². The smallest absolute Gasteiger partial charge is 0.313 e. The Morgan fingerprint density at radius 3 is 2.47 bits per heavy atom. The SMILES string of the molecule is C/C(=N\OC(=O)c1ccc(C)cc1)c1ccc(Cl)s1. The summed E-state index contributed by atoms with van der Waals surface area (Å²) in [5.74, 6) is -0.470. The Bertz CT molecular complexity index is 617. The molecule has 2 rings (SSSR count). The van der Waals surface area contributed by atoms with Gasteiger partial charge in [0.05, 0.1) is 20.5 Å². The first-order chi connectivity index (χ1) is 9.06. The van der Waals surface area contributed by atoms with E-state index < -0.39 is 5.97 Å². The lowest BCUT2D eigenvalue weighted by molar-refractivity contribution is 0.0516. The zero-order valence-electron chi connectivity index (χ0n) is 10.5. The van der Waals surface area contributed by atoms with Crippen LogP contribution in [-0.4, -0.2) is 11.7 Å². The Morgan fingerprint density at radius 1 is 1.21 bits per heavy atom. The van der Waals surface area contributed by atoms with E-state index in [1.165, 1.54) is 11.3 Å². The molecule has 0 aliphatic heterocycles. The second-order valence-corrected chi connectivity index (χ2v) is 5.74. The number of carbonyl (C=O) groups is 1. The van der Waals surface area contributed by atoms with Crippen LogP contribution in [0.15, 0.2) is 41.6 Å². The molecule has 0 spiro atoms. The van der Waals surface area contributed by atoms with Gasteiger partial charge in [0.25, 0.3) is 0 Å². The maximum Gasteiger partial charge on any atom is 0.365 e. The fourth-order valence-corrected chi connectivity index (χ4v) is 2.39. The molecule has 19 heavy (non-hydrogen) atoms. The fraction of sp³-hybridized carbons (Fsp3) is 0.143. The van der Waals surface area contributed by atoms with Crippen molar-refractivity contribution in [1.82, 2.24) is 0 Å². The van der Waals surface area contributed by atoms with Gasteiger partial charge < -0.3 is 4.84 Å². The molecule has 0 aliphatic rings. The van der Waals surface area contributed by atoms with Crippen LogP contribution in [0, 0.1) is 6.92 Å². The number of aryl methyl sites for hydroxylation is 1. The summed E-state index contributed by atoms with van der Waals surface area (Å²) in [6.07, 6.45) is 0. The van der Waals surface area contributed by atoms with Gasteiger partial charge in [-0.3, -0.25) is 0 Å². The Labute approximate surface area is 120 Å². The molecule has 0 fully saturated rings. The molecule has 0 saturated carbocycles. The van der Waals surface area contributed by atoms with E-state index in [4.69, 9.17) is 16.4 Å². The minimum absolute atomic E-state index is 0.470. The highest BCUT2D eigenvalue weighted by Gasteiger charge is 2.08. The molecule has 1 aromatic heterocycles. The van der Waals surface area contributed by atoms with Gasteiger partial charge >= 0.3 is 5.97 Å². The summed E-state index contributed by atoms with van der Waals surface area (Å²) in [5.41, 5.74) is 2.19. The summed E-state index contributed by atoms with van der Waals surface area (Å²) in [6.45, 7) is 3.72. The molecule has 0 radical (unpaired) electrons. The van der Waals surface area contributed by atoms with Gasteiger partial charge in [-0.05, 0) is 38.1 Å². The Morgan fingerprint density at radius 2 is 1.89 bits per heavy atom. The number of carbonyl (C=O) groups excluding carboxylic acids is 1. The highest BCUT2D eigenvalue weighted by atomic mass is 35.5. The standard InChI is InChI=1S/C14H12ClNO2S/c1-9-3-5-11(6-4-9)14(17)18-16-10(2)12-7-8-13(15)19-12/h3-8H,1-2H3/b16-10+. The third-order valence-corrected chi connectivity index (χ3v) is 3.82. The van der Waals surface area contributed by atoms with Crippen LogP contribution < -0.4 is 0 Å². The largest absolute Gasteiger partial charge is 0.365 e. The second-order valence-electron chi connectivity index (χ2n) is 4.03. The molecule has 3 nitrogen and oxygen atoms in total. The van der Waals surface area contributed by atoms with E-state index >= 15 is 0 Å². The first-order valence-corrected chi connectivity index (χ1v) is 6.84. The Kier molecular flexibility index (Phi) is 4.35. The monoisotopic (exact) mass is 293 g/mol. The number of hydrogen-bond acceptors (Lipinski definition) is 4. The van der Waals surface area contributed by atoms with E-state index in [9.17, 15) is 4.79 Å². The fourth-order valence-electron chi connectivity index (χ4n) is 1.41. The third kappa shape index (κ3) is 3.66. The van der Waals surface area contributed by atoms with E-state index in [1.807, 2.05) is 25.1 Å². The van der Waals surface area contributed by atoms with Gasteiger partial charge in [-0.2, -0.15) is 0 Å². The van der Waals surface area contributed by atoms with Crippen molar-refractivity contribution in [2.24, 2.45) is 5.16 Å². The van der Waals surface area contributed by atoms with Gasteiger partial charge in [-0.1, -0.05) is 34.5 Å². The first kappa shape index (κ1) is 13.8. The summed E-state index contributed by atoms with van der Waals surface area (Å²) < 4.78 is 0.675. The topological polar surface area (TPSA) is 38.7 Å². The number of halogens is 1. The molecule has 1 heterocycles. The molecule has 0 aliphatic carbocycles. The Hall–Kier alpha value is -1.65. The van der Waals surface area contributed by atoms with Crippen molar-refractivity contribution in [2.75, 3.05) is 0 Å². The van der Waals surface area contributed by atoms with Crippen molar-refractivity contribution in [3.63, 3.8) is 0 Å². The minimum Gasteiger partial charge on any atom is -0.313 e. The maximum absolute atomic E-state index is 11.7. The van der Waals surface area contributed by atoms with Gasteiger partial charge in [0.15, 0.2) is 0 Å². The normalized spacial score (nSPS) is 11.4. The van der Waals surface area contributed by atoms with Crippen molar-refractivity contribution in [1.29, 1.82) is 0 Å². The highest BCUT2D eigenvalue weighted by Crippen LogP contribution is 2.22. The van der Waals surface area contributed by atoms with Gasteiger partial charge in [0.2, 0.25) is 0 Å². The summed E-state index contributed by atoms with van der Waals surface area (Å²) in [4.78, 5) is 17.5. The number of benzene rings is 1. The molecule has 0 saturated heterocycles. The predicted octanol–water partition coefficient (Wildman–Crippen LogP) is 4.29. The number of hydrogen-bond donors (Lipinski definition) is 0. The first-order valence-electron chi connectivity index (χ1n) is 5.64. The third-order valence-electron chi connectivity index (χ3n) is 2.48. The number of oxime groups is 1. The van der Waals surface area contributed by atoms with Crippen molar-refractivity contribution in [2.45, 2.75) is 13.8 Å². The zero-order valence-corrected chi connectivity index (χ0v) is 12.1. The quantitative estimate of drug-likeness (QED) is 0.481. The molecule has 0 N–H and O–H groups in total. The van der Waals surface area contributed by atoms with Crippen LogP contribution in [0.25, 0.3) is 0 Å². The summed E-state index contributed by atoms with van der Waals surface area (Å²) in [7, 11) is 0. The lowest BCUT2D eigenvalue weighted by Crippen LogP contribution is -2.03. The van der Waals surface area contributed by atoms with Gasteiger partial charge in [-0.25, -0.2) is 4.79 Å². The predicted molar refractivity (Wildman–Crippen MR) is 78.1 cm³/mol. The molecular weight excluding hydrogens is 282 g/mol. The minimum atomic E-state index is -0.470. The summed E-state index contributed by atoms with van der Waals surface area (Å²) >= 11 is 7.22. The highest BCUT2D eigenvalue weighted by molar-refractivity contribution is 7.18. The van der Waals surface area contributed by atoms with E-state index in [-0.39, 0.29) is 0 Å². The molecule has 0 unspecified atom stereocenters. The Balaban J connectivity index is 2.05. The molecule has 0 amide bonds. The molecule has 0 atom stereocenters. The van der Waals surface area contributed by atoms with E-state index in [0.717, 1.165) is 10.4 Å². The van der Waals surface area contributed by atoms with Crippen molar-refractivity contribution in [3.05, 3.63) is 56.7 Å². The average Bonchev–Trinajstić information content (AvgIpc) is 2.83. The van der Waals surface area contributed by atoms with Gasteiger partial charge in [-0.15, -0.1) is 11.3 Å². The van der Waals surface area contributed by atoms with Crippen LogP contribution in [0.4, 0.5) is 0 Å². The molecular formula is C14H12ClNO2S. The lowest BCUT2D eigenvalue weighted by atomic mass is 10.2. The van der Waals surface area contributed by atoms with Crippen LogP contribution >= 0.6 is 22.9 Å². The summed E-state index contributed by atoms with van der Waals surface area (Å²) in [6, 6.07) is 10.8. The number of nitrogens with zero attached hydrogens (tertiary/aromatic N) is 1. The van der Waals surface area contributed by atoms with Crippen molar-refractivity contribution >= 4 is 34.6 Å². The van der Waals surface area contributed by atoms with Crippen LogP contribution in [0.3, 0.4) is 0 Å². The van der Waals surface area contributed by atoms with Crippen LogP contribution in [0.2, 0.25) is 4.34 Å². The maximum atomic E-state index is 11.7. The van der Waals surface area contributed by atoms with E-state index in [1.54, 1.807) is 25.1 Å². The number of rotatable bonds is 3. The second kappa shape index (κ2) is 5.99. The van der Waals surface area contributed by atoms with Crippen molar-refractivity contribution in [3.8, 4) is 0 Å². The molecule has 0 bridgehead atoms. The molecule has 5 heteroatoms. The summed E-state index contributed by atoms with van der Waals surface area (Å²) in [5, 5.41) is 3.83. The number of thiophene rings is 1. The van der Waals surface area contributed by atoms with Gasteiger partial charge in [0.1, 0.15) is 0 Å². The average molecular weight is 294 g/mol.